The molecule has 3 aromatic rings. The van der Waals surface area contributed by atoms with Crippen molar-refractivity contribution in [2.75, 3.05) is 44.8 Å². The zero-order chi connectivity index (χ0) is 22.7. The van der Waals surface area contributed by atoms with Crippen molar-refractivity contribution in [3.05, 3.63) is 95.7 Å². The van der Waals surface area contributed by atoms with Crippen LogP contribution in [0.2, 0.25) is 0 Å². The smallest absolute Gasteiger partial charge is 0.191 e. The molecule has 33 heavy (non-hydrogen) atoms. The molecule has 172 valence electrons. The maximum atomic E-state index is 5.49. The molecule has 0 radical (unpaired) electrons. The highest BCUT2D eigenvalue weighted by atomic mass is 16.5. The van der Waals surface area contributed by atoms with Crippen molar-refractivity contribution in [2.24, 2.45) is 4.99 Å². The average molecular weight is 444 g/mol. The number of aliphatic imine (C=N–C) groups is 1. The second-order valence-electron chi connectivity index (χ2n) is 8.10. The molecule has 6 heteroatoms. The van der Waals surface area contributed by atoms with Crippen LogP contribution in [0.3, 0.4) is 0 Å². The van der Waals surface area contributed by atoms with E-state index < -0.39 is 0 Å². The third-order valence-electron chi connectivity index (χ3n) is 5.98. The van der Waals surface area contributed by atoms with Crippen molar-refractivity contribution in [1.82, 2.24) is 15.6 Å². The number of morpholine rings is 1. The van der Waals surface area contributed by atoms with Gasteiger partial charge < -0.3 is 20.3 Å². The molecule has 0 atom stereocenters. The lowest BCUT2D eigenvalue weighted by molar-refractivity contribution is 0.122. The van der Waals surface area contributed by atoms with E-state index in [1.54, 1.807) is 0 Å². The average Bonchev–Trinajstić information content (AvgIpc) is 2.90. The zero-order valence-electron chi connectivity index (χ0n) is 19.3. The Hall–Kier alpha value is -3.38. The van der Waals surface area contributed by atoms with Crippen LogP contribution in [-0.2, 0) is 11.3 Å². The Labute approximate surface area is 196 Å². The first-order chi connectivity index (χ1) is 16.3. The number of hydrogen-bond acceptors (Lipinski definition) is 4. The van der Waals surface area contributed by atoms with E-state index in [0.29, 0.717) is 12.5 Å². The van der Waals surface area contributed by atoms with Gasteiger partial charge in [-0.2, -0.15) is 0 Å². The van der Waals surface area contributed by atoms with Crippen LogP contribution < -0.4 is 15.5 Å². The quantitative estimate of drug-likeness (QED) is 0.410. The molecular weight excluding hydrogens is 410 g/mol. The van der Waals surface area contributed by atoms with Crippen LogP contribution in [0.25, 0.3) is 0 Å². The molecule has 2 N–H and O–H groups in total. The van der Waals surface area contributed by atoms with Gasteiger partial charge in [-0.25, -0.2) is 4.98 Å². The molecule has 0 amide bonds. The fourth-order valence-corrected chi connectivity index (χ4v) is 4.26. The van der Waals surface area contributed by atoms with Crippen LogP contribution >= 0.6 is 0 Å². The van der Waals surface area contributed by atoms with Gasteiger partial charge in [0.1, 0.15) is 5.82 Å². The van der Waals surface area contributed by atoms with Gasteiger partial charge in [0.25, 0.3) is 0 Å². The van der Waals surface area contributed by atoms with Crippen LogP contribution in [0.1, 0.15) is 29.0 Å². The van der Waals surface area contributed by atoms with Crippen molar-refractivity contribution in [3.63, 3.8) is 0 Å². The topological polar surface area (TPSA) is 61.8 Å². The summed E-state index contributed by atoms with van der Waals surface area (Å²) in [5.41, 5.74) is 3.83. The number of ether oxygens (including phenoxy) is 1. The predicted molar refractivity (Wildman–Crippen MR) is 135 cm³/mol. The summed E-state index contributed by atoms with van der Waals surface area (Å²) in [6.45, 7) is 4.72. The van der Waals surface area contributed by atoms with Crippen LogP contribution in [0.5, 0.6) is 0 Å². The van der Waals surface area contributed by atoms with E-state index in [4.69, 9.17) is 4.74 Å². The van der Waals surface area contributed by atoms with E-state index in [2.05, 4.69) is 92.2 Å². The number of rotatable bonds is 8. The summed E-state index contributed by atoms with van der Waals surface area (Å²) in [6, 6.07) is 25.5. The number of pyridine rings is 1. The third-order valence-corrected chi connectivity index (χ3v) is 5.98. The molecule has 0 spiro atoms. The number of nitrogens with one attached hydrogen (secondary N) is 2. The molecular formula is C27H33N5O. The lowest BCUT2D eigenvalue weighted by Crippen LogP contribution is -2.40. The molecule has 0 unspecified atom stereocenters. The number of aromatic nitrogens is 1. The standard InChI is InChI=1S/C27H33N5O/c1-28-27(31-21-24-13-8-15-29-26(24)32-17-19-33-20-18-32)30-16-14-25(22-9-4-2-5-10-22)23-11-6-3-7-12-23/h2-13,15,25H,14,16-21H2,1H3,(H2,28,30,31). The molecule has 2 aromatic carbocycles. The Morgan fingerprint density at radius 3 is 2.24 bits per heavy atom. The second kappa shape index (κ2) is 12.0. The van der Waals surface area contributed by atoms with E-state index in [0.717, 1.165) is 56.6 Å². The maximum absolute atomic E-state index is 5.49. The van der Waals surface area contributed by atoms with Crippen LogP contribution in [0, 0.1) is 0 Å². The molecule has 2 heterocycles. The van der Waals surface area contributed by atoms with E-state index in [1.165, 1.54) is 11.1 Å². The summed E-state index contributed by atoms with van der Waals surface area (Å²) in [6.07, 6.45) is 2.83. The largest absolute Gasteiger partial charge is 0.378 e. The fourth-order valence-electron chi connectivity index (χ4n) is 4.26. The van der Waals surface area contributed by atoms with Gasteiger partial charge in [-0.05, 0) is 23.6 Å². The maximum Gasteiger partial charge on any atom is 0.191 e. The minimum absolute atomic E-state index is 0.337. The van der Waals surface area contributed by atoms with Crippen LogP contribution in [-0.4, -0.2) is 50.8 Å². The minimum Gasteiger partial charge on any atom is -0.378 e. The number of hydrogen-bond donors (Lipinski definition) is 2. The molecule has 1 aliphatic rings. The summed E-state index contributed by atoms with van der Waals surface area (Å²) in [5, 5.41) is 6.95. The lowest BCUT2D eigenvalue weighted by Gasteiger charge is -2.29. The first-order valence-electron chi connectivity index (χ1n) is 11.7. The number of benzene rings is 2. The van der Waals surface area contributed by atoms with Gasteiger partial charge in [-0.15, -0.1) is 0 Å². The van der Waals surface area contributed by atoms with Crippen LogP contribution in [0.15, 0.2) is 84.0 Å². The van der Waals surface area contributed by atoms with Gasteiger partial charge in [0.05, 0.1) is 13.2 Å². The first kappa shape index (κ1) is 22.8. The highest BCUT2D eigenvalue weighted by molar-refractivity contribution is 5.79. The molecule has 0 aliphatic carbocycles. The Morgan fingerprint density at radius 2 is 1.61 bits per heavy atom. The summed E-state index contributed by atoms with van der Waals surface area (Å²) in [7, 11) is 1.81. The van der Waals surface area contributed by atoms with E-state index in [9.17, 15) is 0 Å². The monoisotopic (exact) mass is 443 g/mol. The summed E-state index contributed by atoms with van der Waals surface area (Å²) >= 11 is 0. The van der Waals surface area contributed by atoms with Gasteiger partial charge in [-0.1, -0.05) is 66.7 Å². The van der Waals surface area contributed by atoms with Gasteiger partial charge in [-0.3, -0.25) is 4.99 Å². The Balaban J connectivity index is 1.35. The number of nitrogens with zero attached hydrogens (tertiary/aromatic N) is 3. The highest BCUT2D eigenvalue weighted by Crippen LogP contribution is 2.27. The summed E-state index contributed by atoms with van der Waals surface area (Å²) < 4.78 is 5.49. The second-order valence-corrected chi connectivity index (χ2v) is 8.10. The van der Waals surface area contributed by atoms with Gasteiger partial charge in [0, 0.05) is 50.9 Å². The number of guanidine groups is 1. The predicted octanol–water partition coefficient (Wildman–Crippen LogP) is 3.81. The van der Waals surface area contributed by atoms with E-state index in [-0.39, 0.29) is 0 Å². The Bertz CT molecular complexity index is 964. The Kier molecular flexibility index (Phi) is 8.30. The number of anilines is 1. The fraction of sp³-hybridized carbons (Fsp3) is 0.333. The molecule has 1 aromatic heterocycles. The normalized spacial score (nSPS) is 14.4. The molecule has 0 saturated carbocycles. The van der Waals surface area contributed by atoms with E-state index >= 15 is 0 Å². The van der Waals surface area contributed by atoms with Gasteiger partial charge in [0.15, 0.2) is 5.96 Å². The van der Waals surface area contributed by atoms with Crippen molar-refractivity contribution in [2.45, 2.75) is 18.9 Å². The van der Waals surface area contributed by atoms with Crippen molar-refractivity contribution in [1.29, 1.82) is 0 Å². The Morgan fingerprint density at radius 1 is 0.939 bits per heavy atom. The molecule has 1 fully saturated rings. The summed E-state index contributed by atoms with van der Waals surface area (Å²) in [5.74, 6) is 2.16. The minimum atomic E-state index is 0.337. The van der Waals surface area contributed by atoms with Crippen molar-refractivity contribution < 1.29 is 4.74 Å². The third kappa shape index (κ3) is 6.33. The molecule has 0 bridgehead atoms. The van der Waals surface area contributed by atoms with Crippen LogP contribution in [0.4, 0.5) is 5.82 Å². The SMILES string of the molecule is CN=C(NCCC(c1ccccc1)c1ccccc1)NCc1cccnc1N1CCOCC1. The highest BCUT2D eigenvalue weighted by Gasteiger charge is 2.16. The molecule has 1 aliphatic heterocycles. The van der Waals surface area contributed by atoms with E-state index in [1.807, 2.05) is 19.3 Å². The van der Waals surface area contributed by atoms with Gasteiger partial charge >= 0.3 is 0 Å². The zero-order valence-corrected chi connectivity index (χ0v) is 19.3. The lowest BCUT2D eigenvalue weighted by atomic mass is 9.88. The molecule has 6 nitrogen and oxygen atoms in total. The van der Waals surface area contributed by atoms with Crippen molar-refractivity contribution >= 4 is 11.8 Å². The van der Waals surface area contributed by atoms with Gasteiger partial charge in [0.2, 0.25) is 0 Å². The molecule has 4 rings (SSSR count). The molecule has 1 saturated heterocycles. The summed E-state index contributed by atoms with van der Waals surface area (Å²) in [4.78, 5) is 11.3. The van der Waals surface area contributed by atoms with Crippen molar-refractivity contribution in [3.8, 4) is 0 Å². The first-order valence-corrected chi connectivity index (χ1v) is 11.7.